The molecule has 0 amide bonds. The molecule has 0 saturated carbocycles. The molecule has 0 saturated heterocycles. The molecule has 1 aromatic carbocycles. The second-order valence-corrected chi connectivity index (χ2v) is 3.29. The lowest BCUT2D eigenvalue weighted by Crippen LogP contribution is -1.92. The number of oxazole rings is 1. The van der Waals surface area contributed by atoms with Gasteiger partial charge >= 0.3 is 11.7 Å². The molecule has 0 bridgehead atoms. The predicted molar refractivity (Wildman–Crippen MR) is 57.3 cm³/mol. The smallest absolute Gasteiger partial charge is 0.417 e. The Kier molecular flexibility index (Phi) is 2.59. The standard InChI is InChI=1S/C11H9NO4/c13-10(14)3-1-2-7-4-5-8-9(6-7)16-11(15)12-8/h1,3-6H,2H2,(H,12,15)(H,13,14)/b3-1+. The summed E-state index contributed by atoms with van der Waals surface area (Å²) >= 11 is 0. The van der Waals surface area contributed by atoms with Crippen molar-refractivity contribution in [2.75, 3.05) is 0 Å². The van der Waals surface area contributed by atoms with Gasteiger partial charge in [-0.1, -0.05) is 12.1 Å². The van der Waals surface area contributed by atoms with E-state index in [1.807, 2.05) is 0 Å². The zero-order valence-electron chi connectivity index (χ0n) is 8.27. The van der Waals surface area contributed by atoms with Crippen LogP contribution in [-0.2, 0) is 11.2 Å². The van der Waals surface area contributed by atoms with Crippen molar-refractivity contribution in [3.8, 4) is 0 Å². The van der Waals surface area contributed by atoms with Crippen LogP contribution >= 0.6 is 0 Å². The molecule has 0 fully saturated rings. The average Bonchev–Trinajstić information content (AvgIpc) is 2.56. The van der Waals surface area contributed by atoms with Gasteiger partial charge in [0, 0.05) is 6.08 Å². The van der Waals surface area contributed by atoms with E-state index in [0.717, 1.165) is 11.6 Å². The maximum atomic E-state index is 10.9. The molecule has 5 heteroatoms. The molecular weight excluding hydrogens is 210 g/mol. The summed E-state index contributed by atoms with van der Waals surface area (Å²) in [7, 11) is 0. The van der Waals surface area contributed by atoms with E-state index >= 15 is 0 Å². The topological polar surface area (TPSA) is 83.3 Å². The van der Waals surface area contributed by atoms with Crippen LogP contribution in [0.2, 0.25) is 0 Å². The van der Waals surface area contributed by atoms with Gasteiger partial charge in [-0.3, -0.25) is 4.98 Å². The van der Waals surface area contributed by atoms with Crippen LogP contribution in [0.15, 0.2) is 39.6 Å². The molecule has 0 unspecified atom stereocenters. The Morgan fingerprint density at radius 1 is 1.50 bits per heavy atom. The molecule has 0 spiro atoms. The number of hydrogen-bond donors (Lipinski definition) is 2. The SMILES string of the molecule is O=C(O)/C=C/Cc1ccc2[nH]c(=O)oc2c1. The number of aromatic nitrogens is 1. The Morgan fingerprint density at radius 3 is 3.06 bits per heavy atom. The van der Waals surface area contributed by atoms with Crippen molar-refractivity contribution in [1.29, 1.82) is 0 Å². The third kappa shape index (κ3) is 2.20. The van der Waals surface area contributed by atoms with Crippen molar-refractivity contribution in [2.24, 2.45) is 0 Å². The van der Waals surface area contributed by atoms with Gasteiger partial charge in [0.05, 0.1) is 5.52 Å². The van der Waals surface area contributed by atoms with Crippen LogP contribution in [0.1, 0.15) is 5.56 Å². The largest absolute Gasteiger partial charge is 0.478 e. The van der Waals surface area contributed by atoms with Crippen LogP contribution in [0.3, 0.4) is 0 Å². The summed E-state index contributed by atoms with van der Waals surface area (Å²) in [5, 5.41) is 8.41. The van der Waals surface area contributed by atoms with E-state index in [1.165, 1.54) is 6.08 Å². The number of H-pyrrole nitrogens is 1. The minimum atomic E-state index is -0.978. The van der Waals surface area contributed by atoms with E-state index in [4.69, 9.17) is 9.52 Å². The first kappa shape index (κ1) is 10.2. The molecule has 16 heavy (non-hydrogen) atoms. The van der Waals surface area contributed by atoms with Crippen molar-refractivity contribution in [1.82, 2.24) is 4.98 Å². The Labute approximate surface area is 90.0 Å². The normalized spacial score (nSPS) is 11.2. The van der Waals surface area contributed by atoms with Gasteiger partial charge in [-0.05, 0) is 24.1 Å². The number of allylic oxidation sites excluding steroid dienone is 1. The Bertz CT molecular complexity index is 606. The van der Waals surface area contributed by atoms with E-state index in [-0.39, 0.29) is 0 Å². The third-order valence-corrected chi connectivity index (χ3v) is 2.10. The minimum Gasteiger partial charge on any atom is -0.478 e. The summed E-state index contributed by atoms with van der Waals surface area (Å²) in [6.07, 6.45) is 3.10. The van der Waals surface area contributed by atoms with Gasteiger partial charge in [-0.15, -0.1) is 0 Å². The maximum absolute atomic E-state index is 10.9. The van der Waals surface area contributed by atoms with E-state index in [2.05, 4.69) is 4.98 Å². The molecule has 0 radical (unpaired) electrons. The number of aliphatic carboxylic acids is 1. The fourth-order valence-corrected chi connectivity index (χ4v) is 1.41. The lowest BCUT2D eigenvalue weighted by Gasteiger charge is -1.94. The number of nitrogens with one attached hydrogen (secondary N) is 1. The van der Waals surface area contributed by atoms with Crippen LogP contribution in [-0.4, -0.2) is 16.1 Å². The molecule has 0 aliphatic heterocycles. The van der Waals surface area contributed by atoms with E-state index in [0.29, 0.717) is 17.5 Å². The van der Waals surface area contributed by atoms with Crippen LogP contribution in [0.4, 0.5) is 0 Å². The molecule has 5 nitrogen and oxygen atoms in total. The zero-order valence-corrected chi connectivity index (χ0v) is 8.27. The molecule has 2 aromatic rings. The number of hydrogen-bond acceptors (Lipinski definition) is 3. The molecule has 1 aromatic heterocycles. The first-order chi connectivity index (χ1) is 7.65. The summed E-state index contributed by atoms with van der Waals surface area (Å²) in [5.74, 6) is -1.47. The summed E-state index contributed by atoms with van der Waals surface area (Å²) in [6, 6.07) is 5.24. The second kappa shape index (κ2) is 4.06. The molecule has 2 rings (SSSR count). The molecule has 1 heterocycles. The van der Waals surface area contributed by atoms with Crippen molar-refractivity contribution < 1.29 is 14.3 Å². The Morgan fingerprint density at radius 2 is 2.31 bits per heavy atom. The van der Waals surface area contributed by atoms with Crippen LogP contribution < -0.4 is 5.76 Å². The van der Waals surface area contributed by atoms with Gasteiger partial charge in [-0.25, -0.2) is 9.59 Å². The number of carboxylic acid groups (broad SMARTS) is 1. The number of aromatic amines is 1. The minimum absolute atomic E-state index is 0.478. The number of benzene rings is 1. The van der Waals surface area contributed by atoms with Crippen LogP contribution in [0, 0.1) is 0 Å². The summed E-state index contributed by atoms with van der Waals surface area (Å²) in [6.45, 7) is 0. The summed E-state index contributed by atoms with van der Waals surface area (Å²) < 4.78 is 4.88. The van der Waals surface area contributed by atoms with Crippen molar-refractivity contribution in [3.05, 3.63) is 46.5 Å². The predicted octanol–water partition coefficient (Wildman–Crippen LogP) is 1.30. The molecular formula is C11H9NO4. The number of fused-ring (bicyclic) bond motifs is 1. The fraction of sp³-hybridized carbons (Fsp3) is 0.0909. The maximum Gasteiger partial charge on any atom is 0.417 e. The van der Waals surface area contributed by atoms with Crippen molar-refractivity contribution in [2.45, 2.75) is 6.42 Å². The van der Waals surface area contributed by atoms with Gasteiger partial charge in [0.2, 0.25) is 0 Å². The highest BCUT2D eigenvalue weighted by Gasteiger charge is 2.00. The highest BCUT2D eigenvalue weighted by Crippen LogP contribution is 2.12. The zero-order chi connectivity index (χ0) is 11.5. The second-order valence-electron chi connectivity index (χ2n) is 3.29. The Balaban J connectivity index is 2.25. The fourth-order valence-electron chi connectivity index (χ4n) is 1.41. The van der Waals surface area contributed by atoms with Gasteiger partial charge in [0.25, 0.3) is 0 Å². The van der Waals surface area contributed by atoms with E-state index in [1.54, 1.807) is 18.2 Å². The molecule has 0 atom stereocenters. The highest BCUT2D eigenvalue weighted by molar-refractivity contribution is 5.79. The van der Waals surface area contributed by atoms with Gasteiger partial charge < -0.3 is 9.52 Å². The summed E-state index contributed by atoms with van der Waals surface area (Å²) in [5.41, 5.74) is 2.00. The average molecular weight is 219 g/mol. The molecule has 82 valence electrons. The van der Waals surface area contributed by atoms with E-state index < -0.39 is 11.7 Å². The molecule has 0 aliphatic rings. The Hall–Kier alpha value is -2.30. The third-order valence-electron chi connectivity index (χ3n) is 2.10. The van der Waals surface area contributed by atoms with Gasteiger partial charge in [0.1, 0.15) is 0 Å². The quantitative estimate of drug-likeness (QED) is 0.762. The first-order valence-corrected chi connectivity index (χ1v) is 4.66. The van der Waals surface area contributed by atoms with Crippen molar-refractivity contribution in [3.63, 3.8) is 0 Å². The van der Waals surface area contributed by atoms with Crippen molar-refractivity contribution >= 4 is 17.1 Å². The first-order valence-electron chi connectivity index (χ1n) is 4.66. The van der Waals surface area contributed by atoms with Gasteiger partial charge in [-0.2, -0.15) is 0 Å². The molecule has 2 N–H and O–H groups in total. The summed E-state index contributed by atoms with van der Waals surface area (Å²) in [4.78, 5) is 23.7. The van der Waals surface area contributed by atoms with Gasteiger partial charge in [0.15, 0.2) is 5.58 Å². The molecule has 0 aliphatic carbocycles. The number of rotatable bonds is 3. The van der Waals surface area contributed by atoms with Crippen LogP contribution in [0.25, 0.3) is 11.1 Å². The highest BCUT2D eigenvalue weighted by atomic mass is 16.4. The monoisotopic (exact) mass is 219 g/mol. The van der Waals surface area contributed by atoms with Crippen LogP contribution in [0.5, 0.6) is 0 Å². The number of carboxylic acids is 1. The lowest BCUT2D eigenvalue weighted by atomic mass is 10.1. The lowest BCUT2D eigenvalue weighted by molar-refractivity contribution is -0.131. The number of carbonyl (C=O) groups is 1. The van der Waals surface area contributed by atoms with E-state index in [9.17, 15) is 9.59 Å².